The molecule has 18 heavy (non-hydrogen) atoms. The molecule has 0 spiro atoms. The third kappa shape index (κ3) is 2.39. The molecule has 1 heterocycles. The fourth-order valence-electron chi connectivity index (χ4n) is 2.32. The molecule has 2 rings (SSSR count). The van der Waals surface area contributed by atoms with Gasteiger partial charge in [0.05, 0.1) is 7.11 Å². The summed E-state index contributed by atoms with van der Waals surface area (Å²) in [5.74, 6) is 0.615. The molecule has 0 saturated heterocycles. The number of nitrogen functional groups attached to an aromatic ring is 1. The smallest absolute Gasteiger partial charge is 0.177 e. The fraction of sp³-hybridized carbons (Fsp3) is 0.615. The molecule has 0 amide bonds. The number of hydrogen-bond donors (Lipinski definition) is 2. The summed E-state index contributed by atoms with van der Waals surface area (Å²) in [6, 6.07) is 2.10. The van der Waals surface area contributed by atoms with Gasteiger partial charge in [0.25, 0.3) is 0 Å². The van der Waals surface area contributed by atoms with Gasteiger partial charge < -0.3 is 15.8 Å². The predicted molar refractivity (Wildman–Crippen MR) is 75.1 cm³/mol. The Kier molecular flexibility index (Phi) is 3.67. The van der Waals surface area contributed by atoms with E-state index in [1.165, 1.54) is 37.0 Å². The van der Waals surface area contributed by atoms with E-state index in [-0.39, 0.29) is 0 Å². The van der Waals surface area contributed by atoms with E-state index >= 15 is 0 Å². The van der Waals surface area contributed by atoms with Crippen molar-refractivity contribution in [1.82, 2.24) is 0 Å². The van der Waals surface area contributed by atoms with Crippen LogP contribution in [0.4, 0.5) is 10.7 Å². The molecule has 1 fully saturated rings. The lowest BCUT2D eigenvalue weighted by molar-refractivity contribution is 0.419. The van der Waals surface area contributed by atoms with Gasteiger partial charge in [-0.25, -0.2) is 0 Å². The van der Waals surface area contributed by atoms with Crippen LogP contribution in [-0.4, -0.2) is 13.7 Å². The van der Waals surface area contributed by atoms with Crippen LogP contribution in [0.25, 0.3) is 0 Å². The van der Waals surface area contributed by atoms with Crippen LogP contribution in [0.3, 0.4) is 0 Å². The Morgan fingerprint density at radius 1 is 1.56 bits per heavy atom. The lowest BCUT2D eigenvalue weighted by atomic mass is 10.0. The zero-order chi connectivity index (χ0) is 13.2. The Balaban J connectivity index is 2.08. The summed E-state index contributed by atoms with van der Waals surface area (Å²) in [5.41, 5.74) is 6.78. The van der Waals surface area contributed by atoms with Crippen molar-refractivity contribution in [3.63, 3.8) is 0 Å². The number of nitrogens with one attached hydrogen (secondary N) is 1. The average molecular weight is 265 g/mol. The van der Waals surface area contributed by atoms with E-state index in [1.807, 2.05) is 0 Å². The van der Waals surface area contributed by atoms with Gasteiger partial charge in [-0.15, -0.1) is 11.3 Å². The summed E-state index contributed by atoms with van der Waals surface area (Å²) < 4.78 is 5.28. The maximum atomic E-state index is 8.97. The maximum absolute atomic E-state index is 8.97. The molecular weight excluding hydrogens is 246 g/mol. The van der Waals surface area contributed by atoms with E-state index in [1.54, 1.807) is 7.11 Å². The molecule has 4 nitrogen and oxygen atoms in total. The maximum Gasteiger partial charge on any atom is 0.177 e. The number of methoxy groups -OCH3 is 1. The van der Waals surface area contributed by atoms with E-state index in [2.05, 4.69) is 18.3 Å². The standard InChI is InChI=1S/C13H19N3OS/c1-3-4-13(5-6-13)8-16-12-11(17-2)10(15)9(7-14)18-12/h16H,3-6,8,15H2,1-2H3. The van der Waals surface area contributed by atoms with Crippen molar-refractivity contribution in [2.45, 2.75) is 32.6 Å². The molecule has 1 aliphatic rings. The van der Waals surface area contributed by atoms with Crippen LogP contribution in [0, 0.1) is 16.7 Å². The highest BCUT2D eigenvalue weighted by molar-refractivity contribution is 7.17. The number of nitriles is 1. The molecule has 0 unspecified atom stereocenters. The summed E-state index contributed by atoms with van der Waals surface area (Å²) in [6.45, 7) is 3.17. The molecule has 98 valence electrons. The van der Waals surface area contributed by atoms with Crippen LogP contribution in [0.2, 0.25) is 0 Å². The van der Waals surface area contributed by atoms with Gasteiger partial charge in [-0.2, -0.15) is 5.26 Å². The Bertz CT molecular complexity index is 471. The molecule has 1 aliphatic carbocycles. The number of ether oxygens (including phenoxy) is 1. The van der Waals surface area contributed by atoms with E-state index in [9.17, 15) is 0 Å². The molecule has 0 radical (unpaired) electrons. The molecular formula is C13H19N3OS. The zero-order valence-corrected chi connectivity index (χ0v) is 11.7. The summed E-state index contributed by atoms with van der Waals surface area (Å²) in [6.07, 6.45) is 5.06. The molecule has 0 aromatic carbocycles. The number of thiophene rings is 1. The van der Waals surface area contributed by atoms with Crippen LogP contribution in [0.15, 0.2) is 0 Å². The first-order chi connectivity index (χ1) is 8.65. The van der Waals surface area contributed by atoms with Gasteiger partial charge in [0.2, 0.25) is 0 Å². The number of nitrogens with zero attached hydrogens (tertiary/aromatic N) is 1. The third-order valence-electron chi connectivity index (χ3n) is 3.57. The SMILES string of the molecule is CCCC1(CNc2sc(C#N)c(N)c2OC)CC1. The Labute approximate surface area is 112 Å². The van der Waals surface area contributed by atoms with Crippen molar-refractivity contribution >= 4 is 22.0 Å². The summed E-state index contributed by atoms with van der Waals surface area (Å²) in [4.78, 5) is 0.523. The van der Waals surface area contributed by atoms with Crippen molar-refractivity contribution in [2.24, 2.45) is 5.41 Å². The summed E-state index contributed by atoms with van der Waals surface area (Å²) in [7, 11) is 1.59. The van der Waals surface area contributed by atoms with Crippen molar-refractivity contribution in [3.05, 3.63) is 4.88 Å². The Morgan fingerprint density at radius 3 is 2.78 bits per heavy atom. The molecule has 1 aromatic rings. The van der Waals surface area contributed by atoms with Crippen LogP contribution in [0.1, 0.15) is 37.5 Å². The van der Waals surface area contributed by atoms with Crippen LogP contribution in [0.5, 0.6) is 5.75 Å². The number of hydrogen-bond acceptors (Lipinski definition) is 5. The Hall–Kier alpha value is -1.41. The second-order valence-electron chi connectivity index (χ2n) is 4.92. The first kappa shape index (κ1) is 13.0. The average Bonchev–Trinajstić information content (AvgIpc) is 3.05. The van der Waals surface area contributed by atoms with Crippen molar-refractivity contribution in [3.8, 4) is 11.8 Å². The molecule has 0 aliphatic heterocycles. The van der Waals surface area contributed by atoms with Gasteiger partial charge in [-0.3, -0.25) is 0 Å². The summed E-state index contributed by atoms with van der Waals surface area (Å²) in [5, 5.41) is 13.3. The van der Waals surface area contributed by atoms with Gasteiger partial charge >= 0.3 is 0 Å². The van der Waals surface area contributed by atoms with Crippen LogP contribution < -0.4 is 15.8 Å². The van der Waals surface area contributed by atoms with E-state index < -0.39 is 0 Å². The molecule has 1 aromatic heterocycles. The van der Waals surface area contributed by atoms with E-state index in [4.69, 9.17) is 15.7 Å². The highest BCUT2D eigenvalue weighted by Crippen LogP contribution is 2.50. The largest absolute Gasteiger partial charge is 0.492 e. The van der Waals surface area contributed by atoms with Crippen LogP contribution in [-0.2, 0) is 0 Å². The van der Waals surface area contributed by atoms with Gasteiger partial charge in [-0.1, -0.05) is 13.3 Å². The van der Waals surface area contributed by atoms with E-state index in [0.717, 1.165) is 11.5 Å². The summed E-state index contributed by atoms with van der Waals surface area (Å²) >= 11 is 1.38. The third-order valence-corrected chi connectivity index (χ3v) is 4.62. The minimum Gasteiger partial charge on any atom is -0.492 e. The number of rotatable bonds is 6. The molecule has 0 bridgehead atoms. The normalized spacial score (nSPS) is 16.1. The number of anilines is 2. The van der Waals surface area contributed by atoms with E-state index in [0.29, 0.717) is 21.7 Å². The van der Waals surface area contributed by atoms with Gasteiger partial charge in [0.1, 0.15) is 21.6 Å². The monoisotopic (exact) mass is 265 g/mol. The molecule has 3 N–H and O–H groups in total. The Morgan fingerprint density at radius 2 is 2.28 bits per heavy atom. The second-order valence-corrected chi connectivity index (χ2v) is 5.94. The number of nitrogens with two attached hydrogens (primary N) is 1. The van der Waals surface area contributed by atoms with Crippen LogP contribution >= 0.6 is 11.3 Å². The topological polar surface area (TPSA) is 71.1 Å². The van der Waals surface area contributed by atoms with Gasteiger partial charge in [0.15, 0.2) is 5.75 Å². The highest BCUT2D eigenvalue weighted by Gasteiger charge is 2.41. The van der Waals surface area contributed by atoms with Gasteiger partial charge in [-0.05, 0) is 24.7 Å². The van der Waals surface area contributed by atoms with Gasteiger partial charge in [0, 0.05) is 6.54 Å². The molecule has 5 heteroatoms. The highest BCUT2D eigenvalue weighted by atomic mass is 32.1. The van der Waals surface area contributed by atoms with Crippen molar-refractivity contribution < 1.29 is 4.74 Å². The lowest BCUT2D eigenvalue weighted by Gasteiger charge is -2.15. The molecule has 0 atom stereocenters. The first-order valence-electron chi connectivity index (χ1n) is 6.26. The zero-order valence-electron chi connectivity index (χ0n) is 10.9. The minimum absolute atomic E-state index is 0.452. The minimum atomic E-state index is 0.452. The van der Waals surface area contributed by atoms with Crippen molar-refractivity contribution in [2.75, 3.05) is 24.7 Å². The first-order valence-corrected chi connectivity index (χ1v) is 7.07. The second kappa shape index (κ2) is 5.07. The van der Waals surface area contributed by atoms with Crippen molar-refractivity contribution in [1.29, 1.82) is 5.26 Å². The molecule has 1 saturated carbocycles. The fourth-order valence-corrected chi connectivity index (χ4v) is 3.20. The predicted octanol–water partition coefficient (Wildman–Crippen LogP) is 3.20. The quantitative estimate of drug-likeness (QED) is 0.828. The lowest BCUT2D eigenvalue weighted by Crippen LogP contribution is -2.14.